The van der Waals surface area contributed by atoms with Gasteiger partial charge in [0.15, 0.2) is 6.19 Å². The Morgan fingerprint density at radius 3 is 2.46 bits per heavy atom. The predicted octanol–water partition coefficient (Wildman–Crippen LogP) is 0.480. The van der Waals surface area contributed by atoms with Crippen molar-refractivity contribution in [2.75, 3.05) is 14.1 Å². The van der Waals surface area contributed by atoms with E-state index in [-0.39, 0.29) is 5.54 Å². The van der Waals surface area contributed by atoms with E-state index in [9.17, 15) is 4.79 Å². The second-order valence-electron chi connectivity index (χ2n) is 3.48. The molecule has 0 atom stereocenters. The van der Waals surface area contributed by atoms with Gasteiger partial charge in [-0.2, -0.15) is 5.26 Å². The normalized spacial score (nSPS) is 11.7. The Morgan fingerprint density at radius 2 is 2.08 bits per heavy atom. The predicted molar refractivity (Wildman–Crippen MR) is 50.7 cm³/mol. The molecule has 4 nitrogen and oxygen atoms in total. The maximum absolute atomic E-state index is 10.9. The molecule has 4 heteroatoms. The van der Waals surface area contributed by atoms with Gasteiger partial charge < -0.3 is 4.90 Å². The van der Waals surface area contributed by atoms with Gasteiger partial charge in [-0.1, -0.05) is 6.08 Å². The first-order valence-electron chi connectivity index (χ1n) is 3.96. The first-order chi connectivity index (χ1) is 5.90. The SMILES string of the molecule is CN(C)C(C)(C)C=CC(=O)NC#N. The molecule has 13 heavy (non-hydrogen) atoms. The molecule has 0 aromatic rings. The van der Waals surface area contributed by atoms with Gasteiger partial charge in [0, 0.05) is 11.6 Å². The van der Waals surface area contributed by atoms with Gasteiger partial charge in [-0.3, -0.25) is 10.1 Å². The minimum Gasteiger partial charge on any atom is -0.301 e. The monoisotopic (exact) mass is 181 g/mol. The van der Waals surface area contributed by atoms with Crippen molar-refractivity contribution in [2.45, 2.75) is 19.4 Å². The average Bonchev–Trinajstić information content (AvgIpc) is 2.01. The Labute approximate surface area is 78.8 Å². The summed E-state index contributed by atoms with van der Waals surface area (Å²) in [5.74, 6) is -0.391. The summed E-state index contributed by atoms with van der Waals surface area (Å²) in [6.45, 7) is 3.95. The van der Waals surface area contributed by atoms with Crippen molar-refractivity contribution in [3.8, 4) is 6.19 Å². The van der Waals surface area contributed by atoms with E-state index in [1.54, 1.807) is 12.3 Å². The van der Waals surface area contributed by atoms with Gasteiger partial charge >= 0.3 is 0 Å². The van der Waals surface area contributed by atoms with Crippen LogP contribution in [0.15, 0.2) is 12.2 Å². The molecular weight excluding hydrogens is 166 g/mol. The first kappa shape index (κ1) is 11.7. The molecule has 1 amide bonds. The van der Waals surface area contributed by atoms with Gasteiger partial charge in [0.1, 0.15) is 0 Å². The molecule has 0 aliphatic rings. The first-order valence-corrected chi connectivity index (χ1v) is 3.96. The standard InChI is InChI=1S/C9H15N3O/c1-9(2,12(3)4)6-5-8(13)11-7-10/h5-6H,1-4H3,(H,11,13). The van der Waals surface area contributed by atoms with E-state index in [0.717, 1.165) is 0 Å². The molecule has 0 bridgehead atoms. The van der Waals surface area contributed by atoms with Crippen molar-refractivity contribution in [1.29, 1.82) is 5.26 Å². The number of carbonyl (C=O) groups excluding carboxylic acids is 1. The van der Waals surface area contributed by atoms with Crippen molar-refractivity contribution >= 4 is 5.91 Å². The number of amides is 1. The van der Waals surface area contributed by atoms with E-state index in [1.165, 1.54) is 6.08 Å². The molecule has 0 fully saturated rings. The topological polar surface area (TPSA) is 56.1 Å². The molecule has 72 valence electrons. The third-order valence-electron chi connectivity index (χ3n) is 1.97. The maximum Gasteiger partial charge on any atom is 0.256 e. The fraction of sp³-hybridized carbons (Fsp3) is 0.556. The van der Waals surface area contributed by atoms with Crippen molar-refractivity contribution in [2.24, 2.45) is 0 Å². The summed E-state index contributed by atoms with van der Waals surface area (Å²) in [5.41, 5.74) is -0.188. The summed E-state index contributed by atoms with van der Waals surface area (Å²) in [5, 5.41) is 10.2. The van der Waals surface area contributed by atoms with E-state index in [0.29, 0.717) is 0 Å². The second kappa shape index (κ2) is 4.63. The minimum atomic E-state index is -0.391. The zero-order valence-electron chi connectivity index (χ0n) is 8.46. The van der Waals surface area contributed by atoms with E-state index < -0.39 is 5.91 Å². The highest BCUT2D eigenvalue weighted by molar-refractivity contribution is 5.88. The number of rotatable bonds is 3. The van der Waals surface area contributed by atoms with Gasteiger partial charge in [0.2, 0.25) is 0 Å². The summed E-state index contributed by atoms with van der Waals surface area (Å²) in [6.07, 6.45) is 4.68. The molecule has 0 aromatic carbocycles. The third kappa shape index (κ3) is 4.28. The zero-order chi connectivity index (χ0) is 10.5. The van der Waals surface area contributed by atoms with E-state index in [2.05, 4.69) is 0 Å². The van der Waals surface area contributed by atoms with Crippen LogP contribution >= 0.6 is 0 Å². The fourth-order valence-electron chi connectivity index (χ4n) is 0.525. The zero-order valence-corrected chi connectivity index (χ0v) is 8.46. The van der Waals surface area contributed by atoms with Crippen LogP contribution in [-0.2, 0) is 4.79 Å². The largest absolute Gasteiger partial charge is 0.301 e. The lowest BCUT2D eigenvalue weighted by molar-refractivity contribution is -0.115. The molecular formula is C9H15N3O. The van der Waals surface area contributed by atoms with Crippen molar-refractivity contribution in [3.05, 3.63) is 12.2 Å². The van der Waals surface area contributed by atoms with E-state index in [4.69, 9.17) is 5.26 Å². The molecule has 0 unspecified atom stereocenters. The van der Waals surface area contributed by atoms with Gasteiger partial charge in [-0.05, 0) is 27.9 Å². The molecule has 0 saturated carbocycles. The Bertz CT molecular complexity index is 248. The average molecular weight is 181 g/mol. The molecule has 0 radical (unpaired) electrons. The second-order valence-corrected chi connectivity index (χ2v) is 3.48. The highest BCUT2D eigenvalue weighted by Crippen LogP contribution is 2.10. The highest BCUT2D eigenvalue weighted by atomic mass is 16.1. The highest BCUT2D eigenvalue weighted by Gasteiger charge is 2.16. The van der Waals surface area contributed by atoms with Crippen LogP contribution in [0.1, 0.15) is 13.8 Å². The summed E-state index contributed by atoms with van der Waals surface area (Å²) in [7, 11) is 3.85. The van der Waals surface area contributed by atoms with Gasteiger partial charge in [0.25, 0.3) is 5.91 Å². The summed E-state index contributed by atoms with van der Waals surface area (Å²) < 4.78 is 0. The van der Waals surface area contributed by atoms with Crippen LogP contribution in [0.4, 0.5) is 0 Å². The van der Waals surface area contributed by atoms with Crippen LogP contribution in [0.3, 0.4) is 0 Å². The van der Waals surface area contributed by atoms with E-state index >= 15 is 0 Å². The fourth-order valence-corrected chi connectivity index (χ4v) is 0.525. The quantitative estimate of drug-likeness (QED) is 0.391. The lowest BCUT2D eigenvalue weighted by Crippen LogP contribution is -2.36. The van der Waals surface area contributed by atoms with Gasteiger partial charge in [-0.15, -0.1) is 0 Å². The maximum atomic E-state index is 10.9. The van der Waals surface area contributed by atoms with Crippen LogP contribution < -0.4 is 5.32 Å². The number of likely N-dealkylation sites (N-methyl/N-ethyl adjacent to an activating group) is 1. The number of hydrogen-bond acceptors (Lipinski definition) is 3. The minimum absolute atomic E-state index is 0.188. The molecule has 0 heterocycles. The summed E-state index contributed by atoms with van der Waals surface area (Å²) in [6, 6.07) is 0. The molecule has 0 aliphatic carbocycles. The molecule has 0 rings (SSSR count). The number of nitrogens with zero attached hydrogens (tertiary/aromatic N) is 2. The Morgan fingerprint density at radius 1 is 1.54 bits per heavy atom. The Kier molecular flexibility index (Phi) is 4.15. The van der Waals surface area contributed by atoms with Crippen molar-refractivity contribution in [3.63, 3.8) is 0 Å². The smallest absolute Gasteiger partial charge is 0.256 e. The molecule has 0 spiro atoms. The van der Waals surface area contributed by atoms with Gasteiger partial charge in [0.05, 0.1) is 0 Å². The Hall–Kier alpha value is -1.34. The van der Waals surface area contributed by atoms with Crippen LogP contribution in [0.2, 0.25) is 0 Å². The summed E-state index contributed by atoms with van der Waals surface area (Å²) in [4.78, 5) is 12.8. The lowest BCUT2D eigenvalue weighted by Gasteiger charge is -2.28. The van der Waals surface area contributed by atoms with Gasteiger partial charge in [-0.25, -0.2) is 0 Å². The molecule has 0 saturated heterocycles. The number of hydrogen-bond donors (Lipinski definition) is 1. The van der Waals surface area contributed by atoms with Crippen LogP contribution in [0.5, 0.6) is 0 Å². The molecule has 0 aliphatic heterocycles. The Balaban J connectivity index is 4.27. The number of nitriles is 1. The van der Waals surface area contributed by atoms with Crippen LogP contribution in [-0.4, -0.2) is 30.4 Å². The molecule has 0 aromatic heterocycles. The molecule has 1 N–H and O–H groups in total. The van der Waals surface area contributed by atoms with Crippen molar-refractivity contribution < 1.29 is 4.79 Å². The van der Waals surface area contributed by atoms with E-state index in [1.807, 2.05) is 38.2 Å². The van der Waals surface area contributed by atoms with Crippen LogP contribution in [0, 0.1) is 11.5 Å². The van der Waals surface area contributed by atoms with Crippen LogP contribution in [0.25, 0.3) is 0 Å². The lowest BCUT2D eigenvalue weighted by atomic mass is 10.0. The number of carbonyl (C=O) groups is 1. The summed E-state index contributed by atoms with van der Waals surface area (Å²) >= 11 is 0. The van der Waals surface area contributed by atoms with Crippen molar-refractivity contribution in [1.82, 2.24) is 10.2 Å². The number of nitrogens with one attached hydrogen (secondary N) is 1. The third-order valence-corrected chi connectivity index (χ3v) is 1.97.